The van der Waals surface area contributed by atoms with Crippen LogP contribution >= 0.6 is 11.8 Å². The van der Waals surface area contributed by atoms with Crippen molar-refractivity contribution in [1.82, 2.24) is 0 Å². The zero-order chi connectivity index (χ0) is 24.2. The van der Waals surface area contributed by atoms with Crippen molar-refractivity contribution in [2.24, 2.45) is 0 Å². The van der Waals surface area contributed by atoms with Crippen molar-refractivity contribution in [3.8, 4) is 0 Å². The van der Waals surface area contributed by atoms with Gasteiger partial charge in [-0.15, -0.1) is 11.8 Å². The van der Waals surface area contributed by atoms with Crippen molar-refractivity contribution < 1.29 is 28.2 Å². The second-order valence-corrected chi connectivity index (χ2v) is 8.83. The fourth-order valence-electron chi connectivity index (χ4n) is 3.78. The number of hydrogen-bond acceptors (Lipinski definition) is 6. The van der Waals surface area contributed by atoms with Gasteiger partial charge in [-0.3, -0.25) is 9.69 Å². The third kappa shape index (κ3) is 4.87. The van der Waals surface area contributed by atoms with Crippen molar-refractivity contribution in [2.75, 3.05) is 23.9 Å². The number of ether oxygens (including phenoxy) is 3. The molecule has 0 N–H and O–H groups in total. The number of allylic oxidation sites excluding steroid dienone is 2. The highest BCUT2D eigenvalue weighted by Crippen LogP contribution is 2.42. The smallest absolute Gasteiger partial charge is 0.338 e. The third-order valence-electron chi connectivity index (χ3n) is 5.45. The second kappa shape index (κ2) is 10.2. The Balaban J connectivity index is 1.45. The van der Waals surface area contributed by atoms with E-state index in [1.165, 1.54) is 36.0 Å². The summed E-state index contributed by atoms with van der Waals surface area (Å²) >= 11 is 1.48. The van der Waals surface area contributed by atoms with Gasteiger partial charge in [0, 0.05) is 5.69 Å². The maximum Gasteiger partial charge on any atom is 0.338 e. The normalized spacial score (nSPS) is 19.9. The number of carbonyl (C=O) groups is 2. The molecule has 1 saturated heterocycles. The van der Waals surface area contributed by atoms with Crippen molar-refractivity contribution in [1.29, 1.82) is 0 Å². The van der Waals surface area contributed by atoms with Gasteiger partial charge in [0.05, 0.1) is 11.3 Å². The van der Waals surface area contributed by atoms with Gasteiger partial charge in [-0.1, -0.05) is 25.3 Å². The maximum atomic E-state index is 13.4. The second-order valence-electron chi connectivity index (χ2n) is 7.77. The van der Waals surface area contributed by atoms with E-state index in [2.05, 4.69) is 13.2 Å². The zero-order valence-corrected chi connectivity index (χ0v) is 19.5. The van der Waals surface area contributed by atoms with E-state index in [0.717, 1.165) is 11.1 Å². The summed E-state index contributed by atoms with van der Waals surface area (Å²) in [6.45, 7) is 9.41. The van der Waals surface area contributed by atoms with E-state index in [-0.39, 0.29) is 30.3 Å². The number of rotatable bonds is 7. The van der Waals surface area contributed by atoms with Gasteiger partial charge in [-0.2, -0.15) is 0 Å². The standard InChI is InChI=1S/C26H24FNO5S/c1-4-22-23(5-2)33-20(13-31-22)14-32-26(30)18-8-11-21(16(3)12-18)28-24(29)15-34-25(28)17-6-9-19(27)10-7-17/h4-12,20,25H,1-2,13-15H2,3H3. The van der Waals surface area contributed by atoms with E-state index in [4.69, 9.17) is 14.2 Å². The minimum Gasteiger partial charge on any atom is -0.486 e. The van der Waals surface area contributed by atoms with Gasteiger partial charge < -0.3 is 14.2 Å². The van der Waals surface area contributed by atoms with Crippen LogP contribution in [0.2, 0.25) is 0 Å². The number of carbonyl (C=O) groups excluding carboxylic acids is 2. The van der Waals surface area contributed by atoms with Gasteiger partial charge in [0.1, 0.15) is 24.4 Å². The molecule has 2 unspecified atom stereocenters. The molecule has 2 aromatic rings. The van der Waals surface area contributed by atoms with Gasteiger partial charge >= 0.3 is 5.97 Å². The third-order valence-corrected chi connectivity index (χ3v) is 6.66. The van der Waals surface area contributed by atoms with Gasteiger partial charge in [0.25, 0.3) is 0 Å². The lowest BCUT2D eigenvalue weighted by Gasteiger charge is -2.27. The molecular formula is C26H24FNO5S. The van der Waals surface area contributed by atoms with Crippen LogP contribution in [0.25, 0.3) is 0 Å². The van der Waals surface area contributed by atoms with Crippen LogP contribution in [0.1, 0.15) is 26.9 Å². The molecule has 0 bridgehead atoms. The van der Waals surface area contributed by atoms with E-state index in [0.29, 0.717) is 28.5 Å². The SMILES string of the molecule is C=CC1=C(C=C)OC(COC(=O)c2ccc(N3C(=O)CSC3c3ccc(F)cc3)c(C)c2)CO1. The van der Waals surface area contributed by atoms with Gasteiger partial charge in [-0.05, 0) is 60.5 Å². The molecular weight excluding hydrogens is 457 g/mol. The Bertz CT molecular complexity index is 1160. The number of hydrogen-bond donors (Lipinski definition) is 0. The monoisotopic (exact) mass is 481 g/mol. The number of esters is 1. The highest BCUT2D eigenvalue weighted by molar-refractivity contribution is 8.00. The van der Waals surface area contributed by atoms with Crippen molar-refractivity contribution >= 4 is 29.3 Å². The lowest BCUT2D eigenvalue weighted by Crippen LogP contribution is -2.30. The molecule has 2 aliphatic rings. The largest absolute Gasteiger partial charge is 0.486 e. The molecule has 8 heteroatoms. The zero-order valence-electron chi connectivity index (χ0n) is 18.7. The van der Waals surface area contributed by atoms with Crippen molar-refractivity contribution in [3.63, 3.8) is 0 Å². The van der Waals surface area contributed by atoms with E-state index in [1.54, 1.807) is 35.2 Å². The molecule has 0 aromatic heterocycles. The molecule has 2 atom stereocenters. The van der Waals surface area contributed by atoms with Crippen LogP contribution in [0.3, 0.4) is 0 Å². The number of aryl methyl sites for hydroxylation is 1. The molecule has 1 amide bonds. The van der Waals surface area contributed by atoms with Crippen molar-refractivity contribution in [3.05, 3.63) is 102 Å². The molecule has 1 fully saturated rings. The Morgan fingerprint density at radius 3 is 2.62 bits per heavy atom. The predicted octanol–water partition coefficient (Wildman–Crippen LogP) is 5.07. The van der Waals surface area contributed by atoms with E-state index >= 15 is 0 Å². The van der Waals surface area contributed by atoms with Crippen LogP contribution in [0.5, 0.6) is 0 Å². The van der Waals surface area contributed by atoms with E-state index in [1.807, 2.05) is 6.92 Å². The summed E-state index contributed by atoms with van der Waals surface area (Å²) in [5, 5.41) is -0.263. The first-order valence-electron chi connectivity index (χ1n) is 10.7. The quantitative estimate of drug-likeness (QED) is 0.515. The van der Waals surface area contributed by atoms with Gasteiger partial charge in [0.15, 0.2) is 17.6 Å². The molecule has 0 radical (unpaired) electrons. The number of nitrogens with zero attached hydrogens (tertiary/aromatic N) is 1. The minimum absolute atomic E-state index is 0.00921. The Labute approximate surface area is 201 Å². The lowest BCUT2D eigenvalue weighted by molar-refractivity contribution is -0.115. The molecule has 0 aliphatic carbocycles. The van der Waals surface area contributed by atoms with Crippen LogP contribution in [-0.4, -0.2) is 36.9 Å². The highest BCUT2D eigenvalue weighted by atomic mass is 32.2. The molecule has 4 rings (SSSR count). The molecule has 34 heavy (non-hydrogen) atoms. The number of halogens is 1. The Kier molecular flexibility index (Phi) is 7.07. The van der Waals surface area contributed by atoms with Crippen LogP contribution in [0, 0.1) is 12.7 Å². The minimum atomic E-state index is -0.505. The first-order chi connectivity index (χ1) is 16.4. The number of benzene rings is 2. The summed E-state index contributed by atoms with van der Waals surface area (Å²) in [7, 11) is 0. The number of amides is 1. The van der Waals surface area contributed by atoms with E-state index < -0.39 is 12.1 Å². The van der Waals surface area contributed by atoms with Gasteiger partial charge in [0.2, 0.25) is 5.91 Å². The number of thioether (sulfide) groups is 1. The van der Waals surface area contributed by atoms with Gasteiger partial charge in [-0.25, -0.2) is 9.18 Å². The molecule has 2 aromatic carbocycles. The van der Waals surface area contributed by atoms with Crippen molar-refractivity contribution in [2.45, 2.75) is 18.4 Å². The van der Waals surface area contributed by atoms with Crippen LogP contribution in [0.15, 0.2) is 79.3 Å². The van der Waals surface area contributed by atoms with Crippen LogP contribution < -0.4 is 4.90 Å². The van der Waals surface area contributed by atoms with Crippen LogP contribution in [-0.2, 0) is 19.0 Å². The lowest BCUT2D eigenvalue weighted by atomic mass is 10.1. The molecule has 2 aliphatic heterocycles. The molecule has 2 heterocycles. The first kappa shape index (κ1) is 23.6. The predicted molar refractivity (Wildman–Crippen MR) is 129 cm³/mol. The molecule has 0 saturated carbocycles. The molecule has 176 valence electrons. The number of anilines is 1. The summed E-state index contributed by atoms with van der Waals surface area (Å²) in [6.07, 6.45) is 2.59. The molecule has 6 nitrogen and oxygen atoms in total. The summed E-state index contributed by atoms with van der Waals surface area (Å²) in [5.41, 5.74) is 2.65. The highest BCUT2D eigenvalue weighted by Gasteiger charge is 2.35. The average Bonchev–Trinajstić information content (AvgIpc) is 3.23. The molecule has 0 spiro atoms. The topological polar surface area (TPSA) is 65.1 Å². The summed E-state index contributed by atoms with van der Waals surface area (Å²) < 4.78 is 30.1. The summed E-state index contributed by atoms with van der Waals surface area (Å²) in [6, 6.07) is 11.2. The average molecular weight is 482 g/mol. The Hall–Kier alpha value is -3.52. The first-order valence-corrected chi connectivity index (χ1v) is 11.7. The Morgan fingerprint density at radius 2 is 1.94 bits per heavy atom. The van der Waals surface area contributed by atoms with E-state index in [9.17, 15) is 14.0 Å². The fraction of sp³-hybridized carbons (Fsp3) is 0.231. The Morgan fingerprint density at radius 1 is 1.21 bits per heavy atom. The fourth-order valence-corrected chi connectivity index (χ4v) is 4.95. The maximum absolute atomic E-state index is 13.4. The summed E-state index contributed by atoms with van der Waals surface area (Å²) in [4.78, 5) is 27.0. The van der Waals surface area contributed by atoms with Crippen LogP contribution in [0.4, 0.5) is 10.1 Å². The summed E-state index contributed by atoms with van der Waals surface area (Å²) in [5.74, 6) is 0.394.